The van der Waals surface area contributed by atoms with E-state index in [4.69, 9.17) is 10.00 Å². The molecule has 2 aliphatic carbocycles. The third kappa shape index (κ3) is 7.74. The standard InChI is InChI=1S/C22H34FNO/c1-2-3-5-18-8-10-20(11-9-18)17-25-22-14-12-19(13-15-22)6-4-7-21(23)16-24/h4,6-7,18-20,22H,2-3,5,8-15,17H2,1H3/b6-4+,21-7-/t18-,19-,20-,22-. The summed E-state index contributed by atoms with van der Waals surface area (Å²) in [5, 5.41) is 8.38. The molecule has 0 aliphatic heterocycles. The molecule has 0 aromatic rings. The zero-order valence-electron chi connectivity index (χ0n) is 15.8. The van der Waals surface area contributed by atoms with Crippen LogP contribution < -0.4 is 0 Å². The summed E-state index contributed by atoms with van der Waals surface area (Å²) in [4.78, 5) is 0. The van der Waals surface area contributed by atoms with Gasteiger partial charge < -0.3 is 4.74 Å². The fourth-order valence-electron chi connectivity index (χ4n) is 4.23. The maximum Gasteiger partial charge on any atom is 0.199 e. The lowest BCUT2D eigenvalue weighted by Gasteiger charge is -2.31. The first-order valence-corrected chi connectivity index (χ1v) is 10.3. The minimum Gasteiger partial charge on any atom is -0.378 e. The van der Waals surface area contributed by atoms with Gasteiger partial charge in [-0.15, -0.1) is 0 Å². The lowest BCUT2D eigenvalue weighted by atomic mass is 9.80. The molecule has 0 radical (unpaired) electrons. The second-order valence-electron chi connectivity index (χ2n) is 7.91. The van der Waals surface area contributed by atoms with Gasteiger partial charge in [-0.1, -0.05) is 51.2 Å². The molecule has 0 N–H and O–H groups in total. The minimum atomic E-state index is -0.724. The highest BCUT2D eigenvalue weighted by atomic mass is 19.1. The number of nitriles is 1. The van der Waals surface area contributed by atoms with Gasteiger partial charge in [-0.05, 0) is 62.4 Å². The van der Waals surface area contributed by atoms with Gasteiger partial charge in [0.15, 0.2) is 5.83 Å². The Morgan fingerprint density at radius 1 is 1.08 bits per heavy atom. The van der Waals surface area contributed by atoms with Gasteiger partial charge in [-0.25, -0.2) is 0 Å². The smallest absolute Gasteiger partial charge is 0.199 e. The Bertz CT molecular complexity index is 463. The molecule has 0 atom stereocenters. The first-order chi connectivity index (χ1) is 12.2. The second kappa shape index (κ2) is 11.5. The van der Waals surface area contributed by atoms with Gasteiger partial charge in [0, 0.05) is 6.61 Å². The fraction of sp³-hybridized carbons (Fsp3) is 0.773. The van der Waals surface area contributed by atoms with Crippen molar-refractivity contribution < 1.29 is 9.13 Å². The van der Waals surface area contributed by atoms with E-state index in [-0.39, 0.29) is 0 Å². The molecule has 2 nitrogen and oxygen atoms in total. The van der Waals surface area contributed by atoms with Crippen LogP contribution in [0.15, 0.2) is 24.1 Å². The molecule has 2 fully saturated rings. The predicted octanol–water partition coefficient (Wildman–Crippen LogP) is 6.49. The highest BCUT2D eigenvalue weighted by Gasteiger charge is 2.24. The monoisotopic (exact) mass is 347 g/mol. The van der Waals surface area contributed by atoms with Crippen molar-refractivity contribution in [1.29, 1.82) is 5.26 Å². The topological polar surface area (TPSA) is 33.0 Å². The van der Waals surface area contributed by atoms with Crippen molar-refractivity contribution in [3.63, 3.8) is 0 Å². The Balaban J connectivity index is 1.58. The summed E-state index contributed by atoms with van der Waals surface area (Å²) in [6, 6.07) is 1.49. The van der Waals surface area contributed by atoms with Crippen LogP contribution in [0, 0.1) is 29.1 Å². The summed E-state index contributed by atoms with van der Waals surface area (Å²) in [6.07, 6.45) is 19.4. The van der Waals surface area contributed by atoms with Crippen molar-refractivity contribution in [3.8, 4) is 6.07 Å². The maximum absolute atomic E-state index is 12.7. The normalized spacial score (nSPS) is 31.2. The lowest BCUT2D eigenvalue weighted by Crippen LogP contribution is -2.25. The molecule has 0 unspecified atom stereocenters. The highest BCUT2D eigenvalue weighted by molar-refractivity contribution is 5.19. The molecule has 2 rings (SSSR count). The van der Waals surface area contributed by atoms with Crippen LogP contribution in [0.4, 0.5) is 4.39 Å². The van der Waals surface area contributed by atoms with Crippen molar-refractivity contribution in [1.82, 2.24) is 0 Å². The molecule has 0 aromatic heterocycles. The van der Waals surface area contributed by atoms with Crippen LogP contribution >= 0.6 is 0 Å². The largest absolute Gasteiger partial charge is 0.378 e. The lowest BCUT2D eigenvalue weighted by molar-refractivity contribution is -0.00662. The first-order valence-electron chi connectivity index (χ1n) is 10.3. The van der Waals surface area contributed by atoms with Crippen molar-refractivity contribution in [3.05, 3.63) is 24.1 Å². The molecule has 25 heavy (non-hydrogen) atoms. The number of unbranched alkanes of at least 4 members (excludes halogenated alkanes) is 1. The van der Waals surface area contributed by atoms with Crippen LogP contribution in [-0.2, 0) is 4.74 Å². The molecule has 0 amide bonds. The van der Waals surface area contributed by atoms with Crippen molar-refractivity contribution in [2.75, 3.05) is 6.61 Å². The summed E-state index contributed by atoms with van der Waals surface area (Å²) in [6.45, 7) is 3.23. The zero-order valence-corrected chi connectivity index (χ0v) is 15.8. The molecular formula is C22H34FNO. The van der Waals surface area contributed by atoms with Crippen LogP contribution in [0.3, 0.4) is 0 Å². The number of nitrogens with zero attached hydrogens (tertiary/aromatic N) is 1. The van der Waals surface area contributed by atoms with Gasteiger partial charge in [0.2, 0.25) is 0 Å². The van der Waals surface area contributed by atoms with Gasteiger partial charge in [0.25, 0.3) is 0 Å². The van der Waals surface area contributed by atoms with E-state index < -0.39 is 5.83 Å². The van der Waals surface area contributed by atoms with E-state index >= 15 is 0 Å². The molecule has 0 aromatic carbocycles. The van der Waals surface area contributed by atoms with Gasteiger partial charge in [-0.3, -0.25) is 0 Å². The molecular weight excluding hydrogens is 313 g/mol. The van der Waals surface area contributed by atoms with Crippen molar-refractivity contribution in [2.45, 2.75) is 83.7 Å². The van der Waals surface area contributed by atoms with Gasteiger partial charge >= 0.3 is 0 Å². The summed E-state index contributed by atoms with van der Waals surface area (Å²) in [5.74, 6) is 1.52. The predicted molar refractivity (Wildman–Crippen MR) is 101 cm³/mol. The molecule has 140 valence electrons. The van der Waals surface area contributed by atoms with E-state index in [2.05, 4.69) is 6.92 Å². The number of hydrogen-bond donors (Lipinski definition) is 0. The van der Waals surface area contributed by atoms with E-state index in [1.54, 1.807) is 6.08 Å². The van der Waals surface area contributed by atoms with Crippen LogP contribution in [0.2, 0.25) is 0 Å². The van der Waals surface area contributed by atoms with E-state index in [0.717, 1.165) is 44.1 Å². The Kier molecular flexibility index (Phi) is 9.26. The fourth-order valence-corrected chi connectivity index (χ4v) is 4.23. The van der Waals surface area contributed by atoms with Gasteiger partial charge in [0.1, 0.15) is 6.07 Å². The molecule has 3 heteroatoms. The van der Waals surface area contributed by atoms with E-state index in [9.17, 15) is 4.39 Å². The Morgan fingerprint density at radius 3 is 2.40 bits per heavy atom. The third-order valence-corrected chi connectivity index (χ3v) is 5.95. The van der Waals surface area contributed by atoms with Crippen LogP contribution in [0.1, 0.15) is 77.6 Å². The number of ether oxygens (including phenoxy) is 1. The van der Waals surface area contributed by atoms with Crippen molar-refractivity contribution in [2.24, 2.45) is 17.8 Å². The number of halogens is 1. The maximum atomic E-state index is 12.7. The Morgan fingerprint density at radius 2 is 1.76 bits per heavy atom. The number of hydrogen-bond acceptors (Lipinski definition) is 2. The van der Waals surface area contributed by atoms with Crippen LogP contribution in [-0.4, -0.2) is 12.7 Å². The number of allylic oxidation sites excluding steroid dienone is 4. The molecule has 2 aliphatic rings. The highest BCUT2D eigenvalue weighted by Crippen LogP contribution is 2.33. The summed E-state index contributed by atoms with van der Waals surface area (Å²) < 4.78 is 18.9. The van der Waals surface area contributed by atoms with Gasteiger partial charge in [0.05, 0.1) is 6.10 Å². The second-order valence-corrected chi connectivity index (χ2v) is 7.91. The molecule has 0 bridgehead atoms. The Hall–Kier alpha value is -1.14. The van der Waals surface area contributed by atoms with E-state index in [0.29, 0.717) is 12.0 Å². The van der Waals surface area contributed by atoms with Gasteiger partial charge in [-0.2, -0.15) is 9.65 Å². The average Bonchev–Trinajstić information content (AvgIpc) is 2.66. The zero-order chi connectivity index (χ0) is 17.9. The summed E-state index contributed by atoms with van der Waals surface area (Å²) >= 11 is 0. The average molecular weight is 348 g/mol. The summed E-state index contributed by atoms with van der Waals surface area (Å²) in [7, 11) is 0. The Labute approximate surface area is 153 Å². The van der Waals surface area contributed by atoms with Crippen LogP contribution in [0.5, 0.6) is 0 Å². The molecule has 0 saturated heterocycles. The SMILES string of the molecule is CCCC[C@H]1CC[C@H](CO[C@H]2CC[C@H](/C=C/C=C(\F)C#N)CC2)CC1. The quantitative estimate of drug-likeness (QED) is 0.371. The third-order valence-electron chi connectivity index (χ3n) is 5.95. The molecule has 0 heterocycles. The van der Waals surface area contributed by atoms with E-state index in [1.807, 2.05) is 6.08 Å². The number of rotatable bonds is 8. The van der Waals surface area contributed by atoms with E-state index in [1.165, 1.54) is 57.1 Å². The first kappa shape index (κ1) is 20.2. The summed E-state index contributed by atoms with van der Waals surface area (Å²) in [5.41, 5.74) is 0. The molecule has 0 spiro atoms. The minimum absolute atomic E-state index is 0.411. The van der Waals surface area contributed by atoms with Crippen molar-refractivity contribution >= 4 is 0 Å². The molecule has 2 saturated carbocycles. The van der Waals surface area contributed by atoms with Crippen LogP contribution in [0.25, 0.3) is 0 Å².